The van der Waals surface area contributed by atoms with Gasteiger partial charge in [0, 0.05) is 20.7 Å². The molecule has 0 bridgehead atoms. The molecule has 5 heteroatoms. The van der Waals surface area contributed by atoms with Gasteiger partial charge in [0.05, 0.1) is 5.56 Å². The highest BCUT2D eigenvalue weighted by Gasteiger charge is 2.24. The Morgan fingerprint density at radius 1 is 1.39 bits per heavy atom. The van der Waals surface area contributed by atoms with Gasteiger partial charge in [-0.15, -0.1) is 0 Å². The molecule has 0 heterocycles. The Labute approximate surface area is 126 Å². The fraction of sp³-hybridized carbons (Fsp3) is 0.462. The smallest absolute Gasteiger partial charge is 0.252 e. The van der Waals surface area contributed by atoms with Crippen molar-refractivity contribution in [3.8, 4) is 0 Å². The molecule has 98 valence electrons. The van der Waals surface area contributed by atoms with E-state index in [4.69, 9.17) is 17.3 Å². The molecule has 3 N–H and O–H groups in total. The summed E-state index contributed by atoms with van der Waals surface area (Å²) in [4.78, 5) is 12.2. The topological polar surface area (TPSA) is 55.1 Å². The van der Waals surface area contributed by atoms with Crippen molar-refractivity contribution in [2.45, 2.75) is 37.8 Å². The maximum atomic E-state index is 12.2. The van der Waals surface area contributed by atoms with Crippen molar-refractivity contribution in [2.24, 2.45) is 5.73 Å². The first kappa shape index (κ1) is 14.1. The van der Waals surface area contributed by atoms with Crippen LogP contribution in [0.25, 0.3) is 0 Å². The maximum absolute atomic E-state index is 12.2. The zero-order valence-corrected chi connectivity index (χ0v) is 12.9. The van der Waals surface area contributed by atoms with Gasteiger partial charge < -0.3 is 11.1 Å². The highest BCUT2D eigenvalue weighted by Crippen LogP contribution is 2.20. The van der Waals surface area contributed by atoms with E-state index in [2.05, 4.69) is 27.9 Å². The minimum absolute atomic E-state index is 0.0690. The number of carbonyl (C=O) groups excluding carboxylic acids is 1. The first-order valence-electron chi connectivity index (χ1n) is 6.09. The fourth-order valence-corrected chi connectivity index (χ4v) is 3.01. The number of hydrogen-bond acceptors (Lipinski definition) is 2. The van der Waals surface area contributed by atoms with E-state index in [0.717, 1.165) is 29.3 Å². The van der Waals surface area contributed by atoms with Gasteiger partial charge in [-0.3, -0.25) is 4.79 Å². The summed E-state index contributed by atoms with van der Waals surface area (Å²) in [6.45, 7) is 0. The number of benzene rings is 1. The Morgan fingerprint density at radius 2 is 2.11 bits per heavy atom. The van der Waals surface area contributed by atoms with E-state index in [9.17, 15) is 4.79 Å². The Morgan fingerprint density at radius 3 is 2.83 bits per heavy atom. The van der Waals surface area contributed by atoms with Crippen LogP contribution in [-0.2, 0) is 0 Å². The molecule has 1 saturated carbocycles. The summed E-state index contributed by atoms with van der Waals surface area (Å²) in [7, 11) is 0. The quantitative estimate of drug-likeness (QED) is 0.778. The molecule has 18 heavy (non-hydrogen) atoms. The van der Waals surface area contributed by atoms with Gasteiger partial charge in [0.25, 0.3) is 5.91 Å². The number of nitrogens with one attached hydrogen (secondary N) is 1. The van der Waals surface area contributed by atoms with Crippen molar-refractivity contribution in [1.82, 2.24) is 5.32 Å². The molecule has 0 radical (unpaired) electrons. The standard InChI is InChI=1S/C13H16ClIN2O/c14-8-5-6-10(15)9(7-8)13(18)17-12-4-2-1-3-11(12)16/h5-7,11-12H,1-4,16H2,(H,17,18)/t11-,12-/m1/s1. The minimum Gasteiger partial charge on any atom is -0.348 e. The summed E-state index contributed by atoms with van der Waals surface area (Å²) < 4.78 is 0.902. The zero-order valence-electron chi connectivity index (χ0n) is 9.96. The third kappa shape index (κ3) is 3.36. The van der Waals surface area contributed by atoms with E-state index in [1.165, 1.54) is 0 Å². The van der Waals surface area contributed by atoms with Crippen LogP contribution in [0.2, 0.25) is 5.02 Å². The molecule has 2 atom stereocenters. The SMILES string of the molecule is N[C@@H]1CCCC[C@H]1NC(=O)c1cc(Cl)ccc1I. The number of rotatable bonds is 2. The molecule has 0 saturated heterocycles. The summed E-state index contributed by atoms with van der Waals surface area (Å²) in [6.07, 6.45) is 4.23. The molecule has 1 aliphatic rings. The third-order valence-corrected chi connectivity index (χ3v) is 4.48. The average Bonchev–Trinajstić information content (AvgIpc) is 2.35. The summed E-state index contributed by atoms with van der Waals surface area (Å²) in [6, 6.07) is 5.48. The Kier molecular flexibility index (Phi) is 4.86. The van der Waals surface area contributed by atoms with Crippen molar-refractivity contribution in [3.05, 3.63) is 32.4 Å². The predicted octanol–water partition coefficient (Wildman–Crippen LogP) is 2.94. The molecule has 2 rings (SSSR count). The van der Waals surface area contributed by atoms with E-state index in [1.807, 2.05) is 6.07 Å². The lowest BCUT2D eigenvalue weighted by atomic mass is 9.91. The fourth-order valence-electron chi connectivity index (χ4n) is 2.26. The number of carbonyl (C=O) groups is 1. The van der Waals surface area contributed by atoms with Gasteiger partial charge in [0.2, 0.25) is 0 Å². The highest BCUT2D eigenvalue weighted by molar-refractivity contribution is 14.1. The van der Waals surface area contributed by atoms with E-state index in [-0.39, 0.29) is 18.0 Å². The van der Waals surface area contributed by atoms with Gasteiger partial charge in [0.15, 0.2) is 0 Å². The predicted molar refractivity (Wildman–Crippen MR) is 81.9 cm³/mol. The first-order valence-corrected chi connectivity index (χ1v) is 7.55. The summed E-state index contributed by atoms with van der Waals surface area (Å²) in [5.74, 6) is -0.0794. The number of nitrogens with two attached hydrogens (primary N) is 1. The van der Waals surface area contributed by atoms with Gasteiger partial charge in [-0.25, -0.2) is 0 Å². The maximum Gasteiger partial charge on any atom is 0.252 e. The molecule has 0 unspecified atom stereocenters. The Balaban J connectivity index is 2.09. The van der Waals surface area contributed by atoms with Crippen LogP contribution in [-0.4, -0.2) is 18.0 Å². The van der Waals surface area contributed by atoms with Crippen LogP contribution in [0.4, 0.5) is 0 Å². The van der Waals surface area contributed by atoms with Crippen molar-refractivity contribution < 1.29 is 4.79 Å². The molecule has 3 nitrogen and oxygen atoms in total. The Bertz CT molecular complexity index is 453. The van der Waals surface area contributed by atoms with Gasteiger partial charge in [-0.1, -0.05) is 24.4 Å². The van der Waals surface area contributed by atoms with Crippen LogP contribution < -0.4 is 11.1 Å². The van der Waals surface area contributed by atoms with Crippen LogP contribution in [0.3, 0.4) is 0 Å². The third-order valence-electron chi connectivity index (χ3n) is 3.31. The minimum atomic E-state index is -0.0794. The largest absolute Gasteiger partial charge is 0.348 e. The van der Waals surface area contributed by atoms with E-state index < -0.39 is 0 Å². The molecule has 1 fully saturated rings. The van der Waals surface area contributed by atoms with Crippen molar-refractivity contribution in [3.63, 3.8) is 0 Å². The molecular weight excluding hydrogens is 363 g/mol. The summed E-state index contributed by atoms with van der Waals surface area (Å²) >= 11 is 8.07. The normalized spacial score (nSPS) is 23.7. The van der Waals surface area contributed by atoms with E-state index >= 15 is 0 Å². The van der Waals surface area contributed by atoms with Crippen LogP contribution >= 0.6 is 34.2 Å². The lowest BCUT2D eigenvalue weighted by Crippen LogP contribution is -2.49. The number of halogens is 2. The summed E-state index contributed by atoms with van der Waals surface area (Å²) in [5.41, 5.74) is 6.66. The first-order chi connectivity index (χ1) is 8.58. The average molecular weight is 379 g/mol. The molecule has 1 amide bonds. The summed E-state index contributed by atoms with van der Waals surface area (Å²) in [5, 5.41) is 3.60. The van der Waals surface area contributed by atoms with E-state index in [1.54, 1.807) is 12.1 Å². The van der Waals surface area contributed by atoms with Crippen molar-refractivity contribution in [1.29, 1.82) is 0 Å². The molecular formula is C13H16ClIN2O. The molecule has 1 aliphatic carbocycles. The van der Waals surface area contributed by atoms with Crippen LogP contribution in [0, 0.1) is 3.57 Å². The second-order valence-electron chi connectivity index (χ2n) is 4.65. The molecule has 0 aromatic heterocycles. The van der Waals surface area contributed by atoms with Crippen LogP contribution in [0.15, 0.2) is 18.2 Å². The van der Waals surface area contributed by atoms with Gasteiger partial charge in [-0.2, -0.15) is 0 Å². The van der Waals surface area contributed by atoms with Crippen LogP contribution in [0.5, 0.6) is 0 Å². The second kappa shape index (κ2) is 6.21. The zero-order chi connectivity index (χ0) is 13.1. The molecule has 1 aromatic carbocycles. The van der Waals surface area contributed by atoms with E-state index in [0.29, 0.717) is 10.6 Å². The van der Waals surface area contributed by atoms with Gasteiger partial charge in [-0.05, 0) is 53.6 Å². The monoisotopic (exact) mass is 378 g/mol. The molecule has 1 aromatic rings. The van der Waals surface area contributed by atoms with Crippen LogP contribution in [0.1, 0.15) is 36.0 Å². The highest BCUT2D eigenvalue weighted by atomic mass is 127. The number of amides is 1. The Hall–Kier alpha value is -0.330. The van der Waals surface area contributed by atoms with Crippen molar-refractivity contribution in [2.75, 3.05) is 0 Å². The number of hydrogen-bond donors (Lipinski definition) is 2. The second-order valence-corrected chi connectivity index (χ2v) is 6.25. The molecule has 0 aliphatic heterocycles. The van der Waals surface area contributed by atoms with Crippen molar-refractivity contribution >= 4 is 40.1 Å². The van der Waals surface area contributed by atoms with Gasteiger partial charge >= 0.3 is 0 Å². The lowest BCUT2D eigenvalue weighted by molar-refractivity contribution is 0.0920. The van der Waals surface area contributed by atoms with Gasteiger partial charge in [0.1, 0.15) is 0 Å². The lowest BCUT2D eigenvalue weighted by Gasteiger charge is -2.29. The molecule has 0 spiro atoms.